The number of likely N-dealkylation sites (tertiary alicyclic amines) is 1. The molecule has 2 heterocycles. The molecule has 1 aromatic heterocycles. The van der Waals surface area contributed by atoms with Crippen LogP contribution in [0.5, 0.6) is 0 Å². The zero-order valence-electron chi connectivity index (χ0n) is 11.5. The molecule has 0 radical (unpaired) electrons. The van der Waals surface area contributed by atoms with Gasteiger partial charge in [-0.2, -0.15) is 0 Å². The van der Waals surface area contributed by atoms with Crippen LogP contribution in [-0.2, 0) is 11.3 Å². The first-order valence-corrected chi connectivity index (χ1v) is 8.44. The highest BCUT2D eigenvalue weighted by Gasteiger charge is 2.28. The minimum absolute atomic E-state index is 0.207. The second-order valence-corrected chi connectivity index (χ2v) is 7.66. The first-order valence-electron chi connectivity index (χ1n) is 6.83. The summed E-state index contributed by atoms with van der Waals surface area (Å²) in [5.74, 6) is 0.778. The standard InChI is InChI=1S/C14H21BrN2OS/c1-3-11-9-17(10(2)18)7-6-13(11)16-8-12-4-5-14(15)19-12/h4-5,11,13,16H,3,6-9H2,1-2H3/t11-,13-/m0/s1. The molecule has 1 aliphatic rings. The Bertz CT molecular complexity index is 435. The first kappa shape index (κ1) is 15.0. The van der Waals surface area contributed by atoms with Gasteiger partial charge in [0.2, 0.25) is 5.91 Å². The maximum Gasteiger partial charge on any atom is 0.219 e. The van der Waals surface area contributed by atoms with Crippen LogP contribution in [0, 0.1) is 5.92 Å². The van der Waals surface area contributed by atoms with Crippen LogP contribution in [0.4, 0.5) is 0 Å². The van der Waals surface area contributed by atoms with E-state index in [0.717, 1.165) is 32.5 Å². The number of carbonyl (C=O) groups excluding carboxylic acids is 1. The van der Waals surface area contributed by atoms with Crippen LogP contribution in [0.25, 0.3) is 0 Å². The zero-order valence-corrected chi connectivity index (χ0v) is 13.9. The molecule has 0 aromatic carbocycles. The van der Waals surface area contributed by atoms with Gasteiger partial charge in [0.25, 0.3) is 0 Å². The summed E-state index contributed by atoms with van der Waals surface area (Å²) < 4.78 is 1.18. The lowest BCUT2D eigenvalue weighted by Crippen LogP contribution is -2.50. The molecule has 3 nitrogen and oxygen atoms in total. The molecule has 1 saturated heterocycles. The van der Waals surface area contributed by atoms with Gasteiger partial charge in [-0.15, -0.1) is 11.3 Å². The molecular weight excluding hydrogens is 324 g/mol. The highest BCUT2D eigenvalue weighted by atomic mass is 79.9. The average molecular weight is 345 g/mol. The summed E-state index contributed by atoms with van der Waals surface area (Å²) in [6, 6.07) is 4.78. The lowest BCUT2D eigenvalue weighted by Gasteiger charge is -2.38. The van der Waals surface area contributed by atoms with Crippen LogP contribution in [0.2, 0.25) is 0 Å². The highest BCUT2D eigenvalue weighted by molar-refractivity contribution is 9.11. The number of rotatable bonds is 4. The summed E-state index contributed by atoms with van der Waals surface area (Å²) in [6.07, 6.45) is 2.18. The van der Waals surface area contributed by atoms with Gasteiger partial charge in [-0.1, -0.05) is 13.3 Å². The molecule has 1 fully saturated rings. The van der Waals surface area contributed by atoms with Crippen molar-refractivity contribution in [2.75, 3.05) is 13.1 Å². The van der Waals surface area contributed by atoms with Gasteiger partial charge < -0.3 is 10.2 Å². The number of hydrogen-bond acceptors (Lipinski definition) is 3. The largest absolute Gasteiger partial charge is 0.343 e. The van der Waals surface area contributed by atoms with Crippen LogP contribution in [0.1, 0.15) is 31.6 Å². The molecule has 0 spiro atoms. The fourth-order valence-electron chi connectivity index (χ4n) is 2.68. The molecule has 19 heavy (non-hydrogen) atoms. The van der Waals surface area contributed by atoms with E-state index in [4.69, 9.17) is 0 Å². The van der Waals surface area contributed by atoms with Crippen LogP contribution >= 0.6 is 27.3 Å². The number of nitrogens with one attached hydrogen (secondary N) is 1. The third kappa shape index (κ3) is 4.04. The third-order valence-electron chi connectivity index (χ3n) is 3.87. The minimum Gasteiger partial charge on any atom is -0.343 e. The SMILES string of the molecule is CC[C@H]1CN(C(C)=O)CC[C@@H]1NCc1ccc(Br)s1. The molecule has 1 aliphatic heterocycles. The summed E-state index contributed by atoms with van der Waals surface area (Å²) in [7, 11) is 0. The van der Waals surface area contributed by atoms with E-state index in [1.54, 1.807) is 18.3 Å². The Kier molecular flexibility index (Phi) is 5.42. The van der Waals surface area contributed by atoms with Gasteiger partial charge in [0, 0.05) is 37.5 Å². The van der Waals surface area contributed by atoms with E-state index < -0.39 is 0 Å². The molecule has 2 atom stereocenters. The van der Waals surface area contributed by atoms with Crippen molar-refractivity contribution in [3.8, 4) is 0 Å². The number of nitrogens with zero attached hydrogens (tertiary/aromatic N) is 1. The summed E-state index contributed by atoms with van der Waals surface area (Å²) in [4.78, 5) is 14.8. The van der Waals surface area contributed by atoms with Gasteiger partial charge in [0.1, 0.15) is 0 Å². The molecule has 1 N–H and O–H groups in total. The van der Waals surface area contributed by atoms with Gasteiger partial charge in [-0.25, -0.2) is 0 Å². The van der Waals surface area contributed by atoms with Crippen molar-refractivity contribution in [3.63, 3.8) is 0 Å². The molecule has 5 heteroatoms. The van der Waals surface area contributed by atoms with Crippen molar-refractivity contribution in [1.82, 2.24) is 10.2 Å². The van der Waals surface area contributed by atoms with E-state index in [2.05, 4.69) is 40.3 Å². The number of hydrogen-bond donors (Lipinski definition) is 1. The summed E-state index contributed by atoms with van der Waals surface area (Å²) in [6.45, 7) is 6.60. The number of carbonyl (C=O) groups is 1. The summed E-state index contributed by atoms with van der Waals surface area (Å²) >= 11 is 5.27. The fraction of sp³-hybridized carbons (Fsp3) is 0.643. The lowest BCUT2D eigenvalue weighted by molar-refractivity contribution is -0.131. The van der Waals surface area contributed by atoms with Gasteiger partial charge in [-0.3, -0.25) is 4.79 Å². The zero-order chi connectivity index (χ0) is 13.8. The predicted octanol–water partition coefficient (Wildman–Crippen LogP) is 3.25. The minimum atomic E-state index is 0.207. The van der Waals surface area contributed by atoms with Crippen molar-refractivity contribution in [2.24, 2.45) is 5.92 Å². The molecular formula is C14H21BrN2OS. The van der Waals surface area contributed by atoms with Crippen molar-refractivity contribution >= 4 is 33.2 Å². The number of piperidine rings is 1. The summed E-state index contributed by atoms with van der Waals surface area (Å²) in [5.41, 5.74) is 0. The topological polar surface area (TPSA) is 32.3 Å². The van der Waals surface area contributed by atoms with E-state index >= 15 is 0 Å². The number of halogens is 1. The number of thiophene rings is 1. The van der Waals surface area contributed by atoms with Gasteiger partial charge in [0.05, 0.1) is 3.79 Å². The fourth-order valence-corrected chi connectivity index (χ4v) is 4.11. The van der Waals surface area contributed by atoms with Crippen molar-refractivity contribution in [3.05, 3.63) is 20.8 Å². The smallest absolute Gasteiger partial charge is 0.219 e. The average Bonchev–Trinajstić information content (AvgIpc) is 2.81. The van der Waals surface area contributed by atoms with Crippen molar-refractivity contribution in [1.29, 1.82) is 0 Å². The Balaban J connectivity index is 1.87. The Hall–Kier alpha value is -0.390. The molecule has 1 amide bonds. The summed E-state index contributed by atoms with van der Waals surface area (Å²) in [5, 5.41) is 3.66. The quantitative estimate of drug-likeness (QED) is 0.909. The van der Waals surface area contributed by atoms with Crippen molar-refractivity contribution < 1.29 is 4.79 Å². The van der Waals surface area contributed by atoms with Crippen LogP contribution in [0.3, 0.4) is 0 Å². The Morgan fingerprint density at radius 3 is 2.95 bits per heavy atom. The maximum atomic E-state index is 11.5. The monoisotopic (exact) mass is 344 g/mol. The van der Waals surface area contributed by atoms with Gasteiger partial charge in [-0.05, 0) is 40.4 Å². The molecule has 0 bridgehead atoms. The Morgan fingerprint density at radius 2 is 2.37 bits per heavy atom. The normalized spacial score (nSPS) is 23.6. The van der Waals surface area contributed by atoms with Crippen molar-refractivity contribution in [2.45, 2.75) is 39.3 Å². The van der Waals surface area contributed by atoms with Gasteiger partial charge >= 0.3 is 0 Å². The predicted molar refractivity (Wildman–Crippen MR) is 83.3 cm³/mol. The Morgan fingerprint density at radius 1 is 1.58 bits per heavy atom. The maximum absolute atomic E-state index is 11.5. The lowest BCUT2D eigenvalue weighted by atomic mass is 9.90. The first-order chi connectivity index (χ1) is 9.10. The molecule has 0 saturated carbocycles. The van der Waals surface area contributed by atoms with E-state index in [0.29, 0.717) is 12.0 Å². The van der Waals surface area contributed by atoms with Crippen LogP contribution in [-0.4, -0.2) is 29.9 Å². The molecule has 0 aliphatic carbocycles. The second kappa shape index (κ2) is 6.86. The van der Waals surface area contributed by atoms with E-state index in [-0.39, 0.29) is 5.91 Å². The Labute approximate surface area is 127 Å². The van der Waals surface area contributed by atoms with Gasteiger partial charge in [0.15, 0.2) is 0 Å². The van der Waals surface area contributed by atoms with E-state index in [9.17, 15) is 4.79 Å². The molecule has 0 unspecified atom stereocenters. The third-order valence-corrected chi connectivity index (χ3v) is 5.49. The molecule has 2 rings (SSSR count). The van der Waals surface area contributed by atoms with Crippen LogP contribution < -0.4 is 5.32 Å². The molecule has 106 valence electrons. The second-order valence-electron chi connectivity index (χ2n) is 5.12. The van der Waals surface area contributed by atoms with E-state index in [1.165, 1.54) is 8.66 Å². The molecule has 1 aromatic rings. The number of amides is 1. The van der Waals surface area contributed by atoms with Crippen LogP contribution in [0.15, 0.2) is 15.9 Å². The van der Waals surface area contributed by atoms with E-state index in [1.807, 2.05) is 4.90 Å². The highest BCUT2D eigenvalue weighted by Crippen LogP contribution is 2.24.